The van der Waals surface area contributed by atoms with Gasteiger partial charge in [0.2, 0.25) is 0 Å². The van der Waals surface area contributed by atoms with Gasteiger partial charge < -0.3 is 15.1 Å². The van der Waals surface area contributed by atoms with Crippen LogP contribution in [0.4, 0.5) is 0 Å². The zero-order chi connectivity index (χ0) is 12.6. The Bertz CT molecular complexity index is 599. The lowest BCUT2D eigenvalue weighted by Crippen LogP contribution is -2.22. The van der Waals surface area contributed by atoms with Crippen LogP contribution in [0.1, 0.15) is 20.7 Å². The molecule has 0 unspecified atom stereocenters. The Hall–Kier alpha value is -2.30. The van der Waals surface area contributed by atoms with Crippen LogP contribution in [0.25, 0.3) is 11.0 Å². The lowest BCUT2D eigenvalue weighted by molar-refractivity contribution is 0.0828. The highest BCUT2D eigenvalue weighted by atomic mass is 16.3. The van der Waals surface area contributed by atoms with Crippen LogP contribution in [-0.2, 0) is 0 Å². The predicted octanol–water partition coefficient (Wildman–Crippen LogP) is 1.23. The van der Waals surface area contributed by atoms with Crippen LogP contribution in [0.15, 0.2) is 28.9 Å². The molecule has 0 aliphatic rings. The molecule has 1 aromatic heterocycles. The van der Waals surface area contributed by atoms with Gasteiger partial charge in [-0.15, -0.1) is 0 Å². The van der Waals surface area contributed by atoms with Crippen molar-refractivity contribution in [1.29, 1.82) is 0 Å². The molecule has 17 heavy (non-hydrogen) atoms. The van der Waals surface area contributed by atoms with Crippen molar-refractivity contribution in [1.82, 2.24) is 4.90 Å². The van der Waals surface area contributed by atoms with Crippen molar-refractivity contribution in [3.63, 3.8) is 0 Å². The van der Waals surface area contributed by atoms with E-state index in [4.69, 9.17) is 10.2 Å². The highest BCUT2D eigenvalue weighted by Crippen LogP contribution is 2.22. The van der Waals surface area contributed by atoms with Gasteiger partial charge in [-0.05, 0) is 18.2 Å². The molecule has 0 bridgehead atoms. The molecule has 2 amide bonds. The Kier molecular flexibility index (Phi) is 2.59. The van der Waals surface area contributed by atoms with E-state index in [0.29, 0.717) is 16.5 Å². The zero-order valence-corrected chi connectivity index (χ0v) is 9.56. The first-order valence-electron chi connectivity index (χ1n) is 5.03. The first kappa shape index (κ1) is 11.2. The fraction of sp³-hybridized carbons (Fsp3) is 0.167. The number of hydrogen-bond acceptors (Lipinski definition) is 3. The van der Waals surface area contributed by atoms with Crippen LogP contribution in [0.5, 0.6) is 0 Å². The highest BCUT2D eigenvalue weighted by molar-refractivity contribution is 6.08. The molecule has 0 atom stereocenters. The number of benzene rings is 1. The van der Waals surface area contributed by atoms with Crippen LogP contribution in [-0.4, -0.2) is 30.8 Å². The van der Waals surface area contributed by atoms with Gasteiger partial charge in [0, 0.05) is 25.0 Å². The molecule has 2 N–H and O–H groups in total. The Morgan fingerprint density at radius 3 is 2.59 bits per heavy atom. The molecule has 0 saturated heterocycles. The molecule has 0 saturated carbocycles. The molecular weight excluding hydrogens is 220 g/mol. The van der Waals surface area contributed by atoms with E-state index in [1.807, 2.05) is 0 Å². The normalized spacial score (nSPS) is 10.5. The molecule has 1 heterocycles. The summed E-state index contributed by atoms with van der Waals surface area (Å²) in [6, 6.07) is 4.82. The van der Waals surface area contributed by atoms with Crippen LogP contribution in [0.3, 0.4) is 0 Å². The molecular formula is C12H12N2O3. The van der Waals surface area contributed by atoms with Gasteiger partial charge >= 0.3 is 0 Å². The van der Waals surface area contributed by atoms with Gasteiger partial charge in [-0.25, -0.2) is 0 Å². The summed E-state index contributed by atoms with van der Waals surface area (Å²) in [4.78, 5) is 24.6. The fourth-order valence-electron chi connectivity index (χ4n) is 1.65. The third kappa shape index (κ3) is 1.87. The number of rotatable bonds is 2. The largest absolute Gasteiger partial charge is 0.464 e. The monoisotopic (exact) mass is 232 g/mol. The SMILES string of the molecule is CN(C)C(=O)c1cc(C(N)=O)c2occc2c1. The summed E-state index contributed by atoms with van der Waals surface area (Å²) < 4.78 is 5.18. The van der Waals surface area contributed by atoms with Gasteiger partial charge in [-0.3, -0.25) is 9.59 Å². The summed E-state index contributed by atoms with van der Waals surface area (Å²) in [6.45, 7) is 0. The minimum atomic E-state index is -0.613. The maximum Gasteiger partial charge on any atom is 0.253 e. The molecule has 0 aliphatic heterocycles. The Morgan fingerprint density at radius 2 is 2.00 bits per heavy atom. The van der Waals surface area contributed by atoms with E-state index in [1.165, 1.54) is 17.2 Å². The van der Waals surface area contributed by atoms with E-state index < -0.39 is 5.91 Å². The van der Waals surface area contributed by atoms with Crippen LogP contribution >= 0.6 is 0 Å². The van der Waals surface area contributed by atoms with Gasteiger partial charge in [-0.2, -0.15) is 0 Å². The first-order chi connectivity index (χ1) is 8.00. The summed E-state index contributed by atoms with van der Waals surface area (Å²) in [5.41, 5.74) is 6.30. The molecule has 5 nitrogen and oxygen atoms in total. The number of carbonyl (C=O) groups is 2. The molecule has 88 valence electrons. The van der Waals surface area contributed by atoms with E-state index in [-0.39, 0.29) is 11.5 Å². The summed E-state index contributed by atoms with van der Waals surface area (Å²) in [6.07, 6.45) is 1.46. The Labute approximate surface area is 97.8 Å². The van der Waals surface area contributed by atoms with Crippen molar-refractivity contribution in [2.45, 2.75) is 0 Å². The minimum Gasteiger partial charge on any atom is -0.464 e. The molecule has 1 aromatic carbocycles. The smallest absolute Gasteiger partial charge is 0.253 e. The maximum atomic E-state index is 11.8. The molecule has 0 radical (unpaired) electrons. The van der Waals surface area contributed by atoms with Gasteiger partial charge in [-0.1, -0.05) is 0 Å². The van der Waals surface area contributed by atoms with E-state index >= 15 is 0 Å². The second kappa shape index (κ2) is 3.93. The number of fused-ring (bicyclic) bond motifs is 1. The summed E-state index contributed by atoms with van der Waals surface area (Å²) >= 11 is 0. The van der Waals surface area contributed by atoms with Crippen molar-refractivity contribution < 1.29 is 14.0 Å². The van der Waals surface area contributed by atoms with E-state index in [2.05, 4.69) is 0 Å². The third-order valence-electron chi connectivity index (χ3n) is 2.47. The number of primary amides is 1. The van der Waals surface area contributed by atoms with Crippen molar-refractivity contribution in [2.24, 2.45) is 5.73 Å². The zero-order valence-electron chi connectivity index (χ0n) is 9.56. The topological polar surface area (TPSA) is 76.5 Å². The number of furan rings is 1. The van der Waals surface area contributed by atoms with Gasteiger partial charge in [0.25, 0.3) is 11.8 Å². The molecule has 0 aliphatic carbocycles. The van der Waals surface area contributed by atoms with Crippen molar-refractivity contribution in [2.75, 3.05) is 14.1 Å². The highest BCUT2D eigenvalue weighted by Gasteiger charge is 2.16. The lowest BCUT2D eigenvalue weighted by Gasteiger charge is -2.10. The molecule has 2 rings (SSSR count). The average molecular weight is 232 g/mol. The molecule has 5 heteroatoms. The maximum absolute atomic E-state index is 11.8. The van der Waals surface area contributed by atoms with Gasteiger partial charge in [0.15, 0.2) is 0 Å². The fourth-order valence-corrected chi connectivity index (χ4v) is 1.65. The quantitative estimate of drug-likeness (QED) is 0.846. The standard InChI is InChI=1S/C12H12N2O3/c1-14(2)12(16)8-5-7-3-4-17-10(7)9(6-8)11(13)15/h3-6H,1-2H3,(H2,13,15). The van der Waals surface area contributed by atoms with Crippen molar-refractivity contribution in [3.8, 4) is 0 Å². The molecule has 0 fully saturated rings. The van der Waals surface area contributed by atoms with Gasteiger partial charge in [0.05, 0.1) is 11.8 Å². The summed E-state index contributed by atoms with van der Waals surface area (Å²) in [5, 5.41) is 0.687. The van der Waals surface area contributed by atoms with Crippen LogP contribution in [0, 0.1) is 0 Å². The minimum absolute atomic E-state index is 0.185. The molecule has 2 aromatic rings. The van der Waals surface area contributed by atoms with E-state index in [9.17, 15) is 9.59 Å². The van der Waals surface area contributed by atoms with Crippen LogP contribution < -0.4 is 5.73 Å². The first-order valence-corrected chi connectivity index (χ1v) is 5.03. The van der Waals surface area contributed by atoms with Gasteiger partial charge in [0.1, 0.15) is 5.58 Å². The second-order valence-corrected chi connectivity index (χ2v) is 3.93. The Morgan fingerprint density at radius 1 is 1.29 bits per heavy atom. The molecule has 0 spiro atoms. The van der Waals surface area contributed by atoms with E-state index in [1.54, 1.807) is 26.2 Å². The van der Waals surface area contributed by atoms with Crippen molar-refractivity contribution in [3.05, 3.63) is 35.6 Å². The van der Waals surface area contributed by atoms with Crippen LogP contribution in [0.2, 0.25) is 0 Å². The van der Waals surface area contributed by atoms with E-state index in [0.717, 1.165) is 0 Å². The number of amides is 2. The number of nitrogens with two attached hydrogens (primary N) is 1. The predicted molar refractivity (Wildman–Crippen MR) is 62.7 cm³/mol. The Balaban J connectivity index is 2.67. The summed E-state index contributed by atoms with van der Waals surface area (Å²) in [5.74, 6) is -0.797. The summed E-state index contributed by atoms with van der Waals surface area (Å²) in [7, 11) is 3.29. The number of carbonyl (C=O) groups excluding carboxylic acids is 2. The second-order valence-electron chi connectivity index (χ2n) is 3.93. The van der Waals surface area contributed by atoms with Crippen molar-refractivity contribution >= 4 is 22.8 Å². The lowest BCUT2D eigenvalue weighted by atomic mass is 10.1. The third-order valence-corrected chi connectivity index (χ3v) is 2.47. The number of nitrogens with zero attached hydrogens (tertiary/aromatic N) is 1. The average Bonchev–Trinajstić information content (AvgIpc) is 2.73. The number of hydrogen-bond donors (Lipinski definition) is 1.